The first kappa shape index (κ1) is 19.2. The number of carbonyl (C=O) groups excluding carboxylic acids is 2. The highest BCUT2D eigenvalue weighted by atomic mass is 35.5. The molecule has 5 nitrogen and oxygen atoms in total. The van der Waals surface area contributed by atoms with Crippen LogP contribution in [0, 0.1) is 11.7 Å². The quantitative estimate of drug-likeness (QED) is 0.846. The molecule has 0 radical (unpaired) electrons. The lowest BCUT2D eigenvalue weighted by atomic mass is 10.0. The highest BCUT2D eigenvalue weighted by Crippen LogP contribution is 2.29. The average Bonchev–Trinajstić information content (AvgIpc) is 3.06. The number of amides is 2. The summed E-state index contributed by atoms with van der Waals surface area (Å²) in [4.78, 5) is 26.4. The summed E-state index contributed by atoms with van der Waals surface area (Å²) in [5, 5.41) is 2.89. The van der Waals surface area contributed by atoms with Crippen LogP contribution in [-0.2, 0) is 9.59 Å². The monoisotopic (exact) mass is 390 g/mol. The van der Waals surface area contributed by atoms with Crippen molar-refractivity contribution in [2.24, 2.45) is 5.92 Å². The van der Waals surface area contributed by atoms with Crippen LogP contribution in [0.25, 0.3) is 0 Å². The van der Waals surface area contributed by atoms with Crippen LogP contribution >= 0.6 is 11.6 Å². The van der Waals surface area contributed by atoms with Gasteiger partial charge in [-0.1, -0.05) is 23.7 Å². The summed E-state index contributed by atoms with van der Waals surface area (Å²) in [5.41, 5.74) is 1.43. The topological polar surface area (TPSA) is 58.6 Å². The minimum Gasteiger partial charge on any atom is -0.497 e. The number of benzene rings is 2. The van der Waals surface area contributed by atoms with Gasteiger partial charge < -0.3 is 15.0 Å². The number of rotatable bonds is 5. The van der Waals surface area contributed by atoms with Gasteiger partial charge in [0, 0.05) is 18.7 Å². The van der Waals surface area contributed by atoms with Crippen molar-refractivity contribution in [3.63, 3.8) is 0 Å². The maximum atomic E-state index is 13.3. The molecule has 2 atom stereocenters. The number of ether oxygens (including phenoxy) is 1. The second-order valence-corrected chi connectivity index (χ2v) is 6.91. The smallest absolute Gasteiger partial charge is 0.227 e. The van der Waals surface area contributed by atoms with Crippen molar-refractivity contribution >= 4 is 29.1 Å². The Morgan fingerprint density at radius 2 is 2.00 bits per heavy atom. The first-order chi connectivity index (χ1) is 12.9. The third-order valence-electron chi connectivity index (χ3n) is 4.69. The van der Waals surface area contributed by atoms with E-state index >= 15 is 0 Å². The van der Waals surface area contributed by atoms with Gasteiger partial charge >= 0.3 is 0 Å². The van der Waals surface area contributed by atoms with E-state index in [-0.39, 0.29) is 35.8 Å². The Bertz CT molecular complexity index is 857. The molecule has 1 fully saturated rings. The van der Waals surface area contributed by atoms with Gasteiger partial charge in [-0.25, -0.2) is 4.39 Å². The first-order valence-electron chi connectivity index (χ1n) is 8.58. The van der Waals surface area contributed by atoms with Crippen molar-refractivity contribution < 1.29 is 18.7 Å². The van der Waals surface area contributed by atoms with E-state index in [9.17, 15) is 14.0 Å². The van der Waals surface area contributed by atoms with Crippen LogP contribution in [0.2, 0.25) is 5.02 Å². The number of hydrogen-bond acceptors (Lipinski definition) is 3. The van der Waals surface area contributed by atoms with Crippen molar-refractivity contribution in [2.45, 2.75) is 19.4 Å². The molecule has 0 aromatic heterocycles. The largest absolute Gasteiger partial charge is 0.497 e. The van der Waals surface area contributed by atoms with E-state index in [0.717, 1.165) is 11.3 Å². The normalized spacial score (nSPS) is 17.7. The molecule has 2 amide bonds. The van der Waals surface area contributed by atoms with Crippen molar-refractivity contribution in [3.05, 3.63) is 58.9 Å². The van der Waals surface area contributed by atoms with Gasteiger partial charge in [0.15, 0.2) is 0 Å². The Labute approximate surface area is 162 Å². The lowest BCUT2D eigenvalue weighted by Crippen LogP contribution is -2.34. The Balaban J connectivity index is 1.65. The number of hydrogen-bond donors (Lipinski definition) is 1. The molecule has 3 rings (SSSR count). The molecule has 1 N–H and O–H groups in total. The van der Waals surface area contributed by atoms with E-state index in [4.69, 9.17) is 16.3 Å². The number of nitrogens with one attached hydrogen (secondary N) is 1. The fraction of sp³-hybridized carbons (Fsp3) is 0.300. The fourth-order valence-corrected chi connectivity index (χ4v) is 3.27. The zero-order valence-corrected chi connectivity index (χ0v) is 15.8. The predicted molar refractivity (Wildman–Crippen MR) is 101 cm³/mol. The number of methoxy groups -OCH3 is 1. The molecule has 0 aliphatic carbocycles. The van der Waals surface area contributed by atoms with Gasteiger partial charge in [0.25, 0.3) is 0 Å². The van der Waals surface area contributed by atoms with Gasteiger partial charge in [-0.05, 0) is 42.8 Å². The van der Waals surface area contributed by atoms with E-state index in [1.54, 1.807) is 7.11 Å². The van der Waals surface area contributed by atoms with E-state index in [2.05, 4.69) is 5.32 Å². The van der Waals surface area contributed by atoms with Crippen LogP contribution in [0.15, 0.2) is 42.5 Å². The van der Waals surface area contributed by atoms with Crippen molar-refractivity contribution in [1.29, 1.82) is 0 Å². The van der Waals surface area contributed by atoms with Crippen molar-refractivity contribution in [1.82, 2.24) is 5.32 Å². The minimum atomic E-state index is -0.547. The molecule has 2 aromatic rings. The summed E-state index contributed by atoms with van der Waals surface area (Å²) in [6, 6.07) is 11.3. The van der Waals surface area contributed by atoms with Gasteiger partial charge in [0.05, 0.1) is 24.1 Å². The van der Waals surface area contributed by atoms with Gasteiger partial charge in [0.1, 0.15) is 11.6 Å². The molecule has 0 unspecified atom stereocenters. The molecule has 1 aliphatic heterocycles. The van der Waals surface area contributed by atoms with E-state index < -0.39 is 11.7 Å². The van der Waals surface area contributed by atoms with Crippen LogP contribution < -0.4 is 15.0 Å². The summed E-state index contributed by atoms with van der Waals surface area (Å²) in [7, 11) is 1.59. The Kier molecular flexibility index (Phi) is 5.65. The maximum Gasteiger partial charge on any atom is 0.227 e. The average molecular weight is 391 g/mol. The number of carbonyl (C=O) groups is 2. The zero-order chi connectivity index (χ0) is 19.6. The second kappa shape index (κ2) is 7.96. The predicted octanol–water partition coefficient (Wildman–Crippen LogP) is 3.72. The highest BCUT2D eigenvalue weighted by molar-refractivity contribution is 6.31. The van der Waals surface area contributed by atoms with Gasteiger partial charge in [-0.15, -0.1) is 0 Å². The molecule has 1 saturated heterocycles. The summed E-state index contributed by atoms with van der Waals surface area (Å²) >= 11 is 5.80. The van der Waals surface area contributed by atoms with Gasteiger partial charge in [-0.2, -0.15) is 0 Å². The zero-order valence-electron chi connectivity index (χ0n) is 15.0. The van der Waals surface area contributed by atoms with Crippen LogP contribution in [0.1, 0.15) is 24.9 Å². The summed E-state index contributed by atoms with van der Waals surface area (Å²) in [6.07, 6.45) is 0.107. The molecule has 7 heteroatoms. The van der Waals surface area contributed by atoms with Crippen LogP contribution in [0.3, 0.4) is 0 Å². The molecular weight excluding hydrogens is 371 g/mol. The summed E-state index contributed by atoms with van der Waals surface area (Å²) in [6.45, 7) is 2.12. The Morgan fingerprint density at radius 1 is 1.30 bits per heavy atom. The molecule has 0 spiro atoms. The molecule has 2 aromatic carbocycles. The number of halogens is 2. The summed E-state index contributed by atoms with van der Waals surface area (Å²) in [5.74, 6) is -0.652. The molecule has 0 bridgehead atoms. The Morgan fingerprint density at radius 3 is 2.63 bits per heavy atom. The maximum absolute atomic E-state index is 13.3. The summed E-state index contributed by atoms with van der Waals surface area (Å²) < 4.78 is 18.5. The molecule has 1 heterocycles. The molecular formula is C20H20ClFN2O3. The van der Waals surface area contributed by atoms with Gasteiger partial charge in [0.2, 0.25) is 11.8 Å². The van der Waals surface area contributed by atoms with Crippen molar-refractivity contribution in [3.8, 4) is 5.75 Å². The third kappa shape index (κ3) is 4.22. The standard InChI is InChI=1S/C20H20ClFN2O3/c1-12(13-3-6-16(27-2)7-4-13)23-20(26)14-9-19(25)24(11-14)15-5-8-18(22)17(21)10-15/h3-8,10,12,14H,9,11H2,1-2H3,(H,23,26)/t12-,14+/m1/s1. The second-order valence-electron chi connectivity index (χ2n) is 6.51. The molecule has 1 aliphatic rings. The van der Waals surface area contributed by atoms with E-state index in [1.807, 2.05) is 31.2 Å². The number of nitrogens with zero attached hydrogens (tertiary/aromatic N) is 1. The Hall–Kier alpha value is -2.60. The van der Waals surface area contributed by atoms with E-state index in [0.29, 0.717) is 5.69 Å². The number of anilines is 1. The fourth-order valence-electron chi connectivity index (χ4n) is 3.09. The third-order valence-corrected chi connectivity index (χ3v) is 4.97. The lowest BCUT2D eigenvalue weighted by Gasteiger charge is -2.19. The molecule has 27 heavy (non-hydrogen) atoms. The first-order valence-corrected chi connectivity index (χ1v) is 8.96. The van der Waals surface area contributed by atoms with Gasteiger partial charge in [-0.3, -0.25) is 9.59 Å². The molecule has 142 valence electrons. The van der Waals surface area contributed by atoms with Crippen LogP contribution in [0.4, 0.5) is 10.1 Å². The van der Waals surface area contributed by atoms with E-state index in [1.165, 1.54) is 23.1 Å². The minimum absolute atomic E-state index is 0.0543. The lowest BCUT2D eigenvalue weighted by molar-refractivity contribution is -0.126. The van der Waals surface area contributed by atoms with Crippen LogP contribution in [-0.4, -0.2) is 25.5 Å². The van der Waals surface area contributed by atoms with Crippen molar-refractivity contribution in [2.75, 3.05) is 18.6 Å². The SMILES string of the molecule is COc1ccc([C@@H](C)NC(=O)[C@H]2CC(=O)N(c3ccc(F)c(Cl)c3)C2)cc1. The van der Waals surface area contributed by atoms with Crippen LogP contribution in [0.5, 0.6) is 5.75 Å². The highest BCUT2D eigenvalue weighted by Gasteiger charge is 2.35. The molecule has 0 saturated carbocycles.